The number of hydrogen-bond donors (Lipinski definition) is 4. The van der Waals surface area contributed by atoms with Crippen LogP contribution in [-0.4, -0.2) is 23.8 Å². The van der Waals surface area contributed by atoms with Crippen molar-refractivity contribution in [1.29, 1.82) is 10.8 Å². The van der Waals surface area contributed by atoms with Gasteiger partial charge in [-0.1, -0.05) is 27.7 Å². The van der Waals surface area contributed by atoms with Gasteiger partial charge in [-0.2, -0.15) is 10.2 Å². The first-order valence-corrected chi connectivity index (χ1v) is 6.03. The molecule has 2 atom stereocenters. The Bertz CT molecular complexity index is 322. The van der Waals surface area contributed by atoms with E-state index >= 15 is 0 Å². The van der Waals surface area contributed by atoms with E-state index in [1.165, 1.54) is 0 Å². The number of amidine groups is 2. The van der Waals surface area contributed by atoms with Gasteiger partial charge in [0.05, 0.1) is 23.8 Å². The van der Waals surface area contributed by atoms with Crippen molar-refractivity contribution in [3.05, 3.63) is 0 Å². The first-order chi connectivity index (χ1) is 7.94. The van der Waals surface area contributed by atoms with Crippen molar-refractivity contribution in [2.24, 2.45) is 32.5 Å². The highest BCUT2D eigenvalue weighted by molar-refractivity contribution is 5.84. The molecule has 0 bridgehead atoms. The van der Waals surface area contributed by atoms with Gasteiger partial charge in [0.15, 0.2) is 0 Å². The predicted molar refractivity (Wildman–Crippen MR) is 75.2 cm³/mol. The van der Waals surface area contributed by atoms with Gasteiger partial charge in [0.25, 0.3) is 0 Å². The Balaban J connectivity index is 4.87. The lowest BCUT2D eigenvalue weighted by atomic mass is 9.84. The smallest absolute Gasteiger partial charge is 0.0985 e. The van der Waals surface area contributed by atoms with Gasteiger partial charge in [-0.15, -0.1) is 0 Å². The second kappa shape index (κ2) is 5.46. The largest absolute Gasteiger partial charge is 0.387 e. The first-order valence-electron chi connectivity index (χ1n) is 6.03. The number of hydrogen-bond acceptors (Lipinski definition) is 4. The number of nitrogens with two attached hydrogens (primary N) is 2. The molecule has 2 unspecified atom stereocenters. The van der Waals surface area contributed by atoms with Crippen LogP contribution in [0.4, 0.5) is 0 Å². The molecule has 0 spiro atoms. The normalized spacial score (nSPS) is 16.6. The molecule has 18 heavy (non-hydrogen) atoms. The van der Waals surface area contributed by atoms with Crippen molar-refractivity contribution in [3.63, 3.8) is 0 Å². The fourth-order valence-electron chi connectivity index (χ4n) is 0.939. The Hall–Kier alpha value is -1.46. The second-order valence-corrected chi connectivity index (χ2v) is 5.85. The third kappa shape index (κ3) is 3.51. The highest BCUT2D eigenvalue weighted by Gasteiger charge is 2.32. The number of nitrogens with zero attached hydrogens (tertiary/aromatic N) is 2. The summed E-state index contributed by atoms with van der Waals surface area (Å²) in [6, 6.07) is -0.389. The quantitative estimate of drug-likeness (QED) is 0.329. The fourth-order valence-corrected chi connectivity index (χ4v) is 0.939. The van der Waals surface area contributed by atoms with Crippen LogP contribution in [0.5, 0.6) is 0 Å². The van der Waals surface area contributed by atoms with E-state index in [1.54, 1.807) is 0 Å². The van der Waals surface area contributed by atoms with Crippen LogP contribution in [0.2, 0.25) is 0 Å². The molecule has 0 fully saturated rings. The molecule has 0 heterocycles. The monoisotopic (exact) mass is 254 g/mol. The van der Waals surface area contributed by atoms with Crippen LogP contribution in [-0.2, 0) is 0 Å². The lowest BCUT2D eigenvalue weighted by Gasteiger charge is -2.29. The van der Waals surface area contributed by atoms with Gasteiger partial charge < -0.3 is 11.5 Å². The molecule has 6 nitrogen and oxygen atoms in total. The first kappa shape index (κ1) is 16.5. The molecule has 0 saturated carbocycles. The SMILES string of the molecule is CC(N=NC(C)C(C)(C)C(=N)N)C(C)(C)C(=N)N. The van der Waals surface area contributed by atoms with Crippen molar-refractivity contribution >= 4 is 11.7 Å². The minimum Gasteiger partial charge on any atom is -0.387 e. The van der Waals surface area contributed by atoms with Gasteiger partial charge in [0.2, 0.25) is 0 Å². The van der Waals surface area contributed by atoms with E-state index in [2.05, 4.69) is 10.2 Å². The summed E-state index contributed by atoms with van der Waals surface area (Å²) >= 11 is 0. The van der Waals surface area contributed by atoms with Crippen molar-refractivity contribution in [3.8, 4) is 0 Å². The van der Waals surface area contributed by atoms with Crippen LogP contribution in [0.1, 0.15) is 41.5 Å². The molecule has 0 aromatic rings. The van der Waals surface area contributed by atoms with E-state index in [9.17, 15) is 0 Å². The van der Waals surface area contributed by atoms with Crippen molar-refractivity contribution in [2.45, 2.75) is 53.6 Å². The van der Waals surface area contributed by atoms with Gasteiger partial charge in [0.1, 0.15) is 0 Å². The molecule has 0 rings (SSSR count). The van der Waals surface area contributed by atoms with Gasteiger partial charge in [-0.05, 0) is 13.8 Å². The van der Waals surface area contributed by atoms with Crippen LogP contribution in [0.3, 0.4) is 0 Å². The zero-order valence-electron chi connectivity index (χ0n) is 12.2. The minimum atomic E-state index is -0.524. The topological polar surface area (TPSA) is 124 Å². The van der Waals surface area contributed by atoms with Gasteiger partial charge >= 0.3 is 0 Å². The number of rotatable bonds is 6. The van der Waals surface area contributed by atoms with Gasteiger partial charge in [-0.25, -0.2) is 0 Å². The van der Waals surface area contributed by atoms with Crippen LogP contribution in [0.25, 0.3) is 0 Å². The highest BCUT2D eigenvalue weighted by Crippen LogP contribution is 2.26. The fraction of sp³-hybridized carbons (Fsp3) is 0.833. The van der Waals surface area contributed by atoms with E-state index in [-0.39, 0.29) is 23.8 Å². The third-order valence-corrected chi connectivity index (χ3v) is 3.89. The van der Waals surface area contributed by atoms with Gasteiger partial charge in [0, 0.05) is 10.8 Å². The standard InChI is InChI=1S/C12H26N6/c1-7(11(3,4)9(13)14)17-18-8(2)12(5,6)10(15)16/h7-8H,1-6H3,(H3,13,14)(H3,15,16). The van der Waals surface area contributed by atoms with Crippen molar-refractivity contribution < 1.29 is 0 Å². The Kier molecular flexibility index (Phi) is 5.01. The summed E-state index contributed by atoms with van der Waals surface area (Å²) < 4.78 is 0. The van der Waals surface area contributed by atoms with E-state index in [0.29, 0.717) is 0 Å². The predicted octanol–water partition coefficient (Wildman–Crippen LogP) is 2.14. The molecule has 0 radical (unpaired) electrons. The summed E-state index contributed by atoms with van der Waals surface area (Å²) in [7, 11) is 0. The maximum Gasteiger partial charge on any atom is 0.0985 e. The van der Waals surface area contributed by atoms with E-state index < -0.39 is 10.8 Å². The van der Waals surface area contributed by atoms with Crippen LogP contribution in [0, 0.1) is 21.6 Å². The molecule has 0 amide bonds. The van der Waals surface area contributed by atoms with E-state index in [0.717, 1.165) is 0 Å². The molecule has 6 N–H and O–H groups in total. The molecule has 0 aliphatic rings. The van der Waals surface area contributed by atoms with E-state index in [4.69, 9.17) is 22.3 Å². The maximum absolute atomic E-state index is 7.53. The zero-order chi connectivity index (χ0) is 14.7. The summed E-state index contributed by atoms with van der Waals surface area (Å²) in [5.74, 6) is 0.180. The minimum absolute atomic E-state index is 0.0902. The van der Waals surface area contributed by atoms with Crippen molar-refractivity contribution in [1.82, 2.24) is 0 Å². The Morgan fingerprint density at radius 3 is 1.22 bits per heavy atom. The number of nitrogens with one attached hydrogen (secondary N) is 2. The second-order valence-electron chi connectivity index (χ2n) is 5.85. The summed E-state index contributed by atoms with van der Waals surface area (Å²) in [5.41, 5.74) is 10.0. The lowest BCUT2D eigenvalue weighted by Crippen LogP contribution is -2.40. The summed E-state index contributed by atoms with van der Waals surface area (Å²) in [6.07, 6.45) is 0. The molecule has 0 aromatic carbocycles. The summed E-state index contributed by atoms with van der Waals surface area (Å²) in [6.45, 7) is 11.2. The van der Waals surface area contributed by atoms with Crippen LogP contribution < -0.4 is 11.5 Å². The number of azo groups is 1. The van der Waals surface area contributed by atoms with Crippen LogP contribution >= 0.6 is 0 Å². The molecule has 0 aliphatic heterocycles. The molecular formula is C12H26N6. The van der Waals surface area contributed by atoms with Crippen LogP contribution in [0.15, 0.2) is 10.2 Å². The molecular weight excluding hydrogens is 228 g/mol. The third-order valence-electron chi connectivity index (χ3n) is 3.89. The highest BCUT2D eigenvalue weighted by atomic mass is 15.2. The lowest BCUT2D eigenvalue weighted by molar-refractivity contribution is 0.368. The Morgan fingerprint density at radius 1 is 0.833 bits per heavy atom. The molecule has 0 aliphatic carbocycles. The average Bonchev–Trinajstić information content (AvgIpc) is 2.24. The maximum atomic E-state index is 7.53. The van der Waals surface area contributed by atoms with Crippen molar-refractivity contribution in [2.75, 3.05) is 0 Å². The molecule has 0 saturated heterocycles. The zero-order valence-corrected chi connectivity index (χ0v) is 12.2. The average molecular weight is 254 g/mol. The van der Waals surface area contributed by atoms with E-state index in [1.807, 2.05) is 41.5 Å². The molecule has 6 heteroatoms. The Morgan fingerprint density at radius 2 is 1.06 bits per heavy atom. The molecule has 104 valence electrons. The summed E-state index contributed by atoms with van der Waals surface area (Å²) in [5, 5.41) is 23.5. The summed E-state index contributed by atoms with van der Waals surface area (Å²) in [4.78, 5) is 0. The molecule has 0 aromatic heterocycles. The Labute approximate surface area is 109 Å². The van der Waals surface area contributed by atoms with Gasteiger partial charge in [-0.3, -0.25) is 10.8 Å².